The molecule has 11 heteroatoms. The van der Waals surface area contributed by atoms with Gasteiger partial charge in [0.2, 0.25) is 0 Å². The van der Waals surface area contributed by atoms with Gasteiger partial charge in [0.05, 0.1) is 11.1 Å². The van der Waals surface area contributed by atoms with E-state index in [1.807, 2.05) is 0 Å². The summed E-state index contributed by atoms with van der Waals surface area (Å²) in [4.78, 5) is 0. The zero-order valence-corrected chi connectivity index (χ0v) is 8.84. The number of hydrogen-bond donors (Lipinski definition) is 0. The van der Waals surface area contributed by atoms with E-state index in [0.29, 0.717) is 0 Å². The maximum absolute atomic E-state index is 13.0. The Labute approximate surface area is 103 Å². The number of hydrogen-bond acceptors (Lipinski definition) is 1. The molecule has 0 saturated heterocycles. The maximum atomic E-state index is 13.0. The van der Waals surface area contributed by atoms with Crippen LogP contribution in [0.5, 0.6) is 5.75 Å². The van der Waals surface area contributed by atoms with Crippen molar-refractivity contribution in [3.05, 3.63) is 29.1 Å². The Bertz CT molecular complexity index is 495. The lowest BCUT2D eigenvalue weighted by molar-refractivity contribution is -0.275. The molecule has 0 aliphatic rings. The molecule has 0 saturated carbocycles. The van der Waals surface area contributed by atoms with Gasteiger partial charge in [0.1, 0.15) is 0 Å². The van der Waals surface area contributed by atoms with E-state index in [4.69, 9.17) is 0 Å². The lowest BCUT2D eigenvalue weighted by Crippen LogP contribution is -2.21. The lowest BCUT2D eigenvalue weighted by Gasteiger charge is -2.18. The summed E-state index contributed by atoms with van der Waals surface area (Å²) in [6, 6.07) is -1.39. The smallest absolute Gasteiger partial charge is 0.403 e. The molecule has 1 aromatic carbocycles. The monoisotopic (exact) mass is 316 g/mol. The minimum absolute atomic E-state index is 0.689. The van der Waals surface area contributed by atoms with Gasteiger partial charge in [-0.25, -0.2) is 4.39 Å². The third kappa shape index (κ3) is 3.90. The predicted octanol–water partition coefficient (Wildman–Crippen LogP) is 4.76. The molecule has 0 heterocycles. The fourth-order valence-corrected chi connectivity index (χ4v) is 1.23. The highest BCUT2D eigenvalue weighted by Gasteiger charge is 2.45. The van der Waals surface area contributed by atoms with Gasteiger partial charge in [-0.15, -0.1) is 13.2 Å². The molecule has 0 fully saturated rings. The highest BCUT2D eigenvalue weighted by Crippen LogP contribution is 2.43. The van der Waals surface area contributed by atoms with Crippen molar-refractivity contribution in [2.24, 2.45) is 0 Å². The Hall–Kier alpha value is -1.68. The van der Waals surface area contributed by atoms with Gasteiger partial charge in [-0.2, -0.15) is 26.3 Å². The molecule has 1 nitrogen and oxygen atoms in total. The Morgan fingerprint density at radius 3 is 1.45 bits per heavy atom. The average Bonchev–Trinajstić information content (AvgIpc) is 2.15. The standard InChI is InChI=1S/C9H2F10O/c10-5-1-3(7(11,12)13)4(8(14,15)16)2-6(5)20-9(17,18)19/h1-2H. The Kier molecular flexibility index (Phi) is 3.85. The first-order valence-corrected chi connectivity index (χ1v) is 4.45. The fraction of sp³-hybridized carbons (Fsp3) is 0.333. The van der Waals surface area contributed by atoms with Crippen LogP contribution in [0.4, 0.5) is 43.9 Å². The van der Waals surface area contributed by atoms with Gasteiger partial charge in [0.15, 0.2) is 11.6 Å². The fourth-order valence-electron chi connectivity index (χ4n) is 1.23. The molecule has 0 aliphatic carbocycles. The van der Waals surface area contributed by atoms with E-state index in [1.54, 1.807) is 0 Å². The minimum atomic E-state index is -5.64. The van der Waals surface area contributed by atoms with Crippen LogP contribution in [0, 0.1) is 5.82 Å². The third-order valence-corrected chi connectivity index (χ3v) is 1.91. The Morgan fingerprint density at radius 1 is 0.700 bits per heavy atom. The van der Waals surface area contributed by atoms with E-state index in [1.165, 1.54) is 0 Å². The summed E-state index contributed by atoms with van der Waals surface area (Å²) in [6.45, 7) is 0. The van der Waals surface area contributed by atoms with Crippen LogP contribution >= 0.6 is 0 Å². The van der Waals surface area contributed by atoms with E-state index >= 15 is 0 Å². The van der Waals surface area contributed by atoms with Crippen LogP contribution in [0.1, 0.15) is 11.1 Å². The van der Waals surface area contributed by atoms with Crippen molar-refractivity contribution >= 4 is 0 Å². The average molecular weight is 316 g/mol. The molecule has 0 aliphatic heterocycles. The van der Waals surface area contributed by atoms with Gasteiger partial charge in [0.25, 0.3) is 0 Å². The van der Waals surface area contributed by atoms with Crippen LogP contribution in [0.15, 0.2) is 12.1 Å². The molecule has 20 heavy (non-hydrogen) atoms. The first kappa shape index (κ1) is 16.4. The lowest BCUT2D eigenvalue weighted by atomic mass is 10.1. The third-order valence-electron chi connectivity index (χ3n) is 1.91. The second kappa shape index (κ2) is 4.70. The van der Waals surface area contributed by atoms with E-state index < -0.39 is 53.5 Å². The van der Waals surface area contributed by atoms with Gasteiger partial charge >= 0.3 is 18.7 Å². The van der Waals surface area contributed by atoms with Crippen LogP contribution < -0.4 is 4.74 Å². The van der Waals surface area contributed by atoms with Crippen LogP contribution in [0.3, 0.4) is 0 Å². The minimum Gasteiger partial charge on any atom is -0.403 e. The number of halogens is 10. The predicted molar refractivity (Wildman–Crippen MR) is 43.1 cm³/mol. The Balaban J connectivity index is 3.49. The number of alkyl halides is 9. The summed E-state index contributed by atoms with van der Waals surface area (Å²) in [5.74, 6) is -4.22. The van der Waals surface area contributed by atoms with Crippen molar-refractivity contribution in [1.29, 1.82) is 0 Å². The number of rotatable bonds is 1. The summed E-state index contributed by atoms with van der Waals surface area (Å²) in [5.41, 5.74) is -4.93. The first-order valence-electron chi connectivity index (χ1n) is 4.45. The molecule has 0 aromatic heterocycles. The molecule has 0 N–H and O–H groups in total. The molecule has 0 radical (unpaired) electrons. The molecular weight excluding hydrogens is 314 g/mol. The van der Waals surface area contributed by atoms with Crippen molar-refractivity contribution in [2.75, 3.05) is 0 Å². The molecule has 1 aromatic rings. The first-order chi connectivity index (χ1) is 8.72. The quantitative estimate of drug-likeness (QED) is 0.679. The zero-order chi connectivity index (χ0) is 15.9. The highest BCUT2D eigenvalue weighted by molar-refractivity contribution is 5.40. The zero-order valence-electron chi connectivity index (χ0n) is 8.84. The van der Waals surface area contributed by atoms with Crippen LogP contribution in [-0.4, -0.2) is 6.36 Å². The molecule has 114 valence electrons. The summed E-state index contributed by atoms with van der Waals surface area (Å²) >= 11 is 0. The maximum Gasteiger partial charge on any atom is 0.573 e. The molecule has 0 amide bonds. The van der Waals surface area contributed by atoms with Gasteiger partial charge in [-0.3, -0.25) is 0 Å². The second-order valence-corrected chi connectivity index (χ2v) is 3.37. The summed E-state index contributed by atoms with van der Waals surface area (Å²) in [5, 5.41) is 0. The van der Waals surface area contributed by atoms with Crippen LogP contribution in [0.25, 0.3) is 0 Å². The van der Waals surface area contributed by atoms with Crippen molar-refractivity contribution < 1.29 is 48.6 Å². The Morgan fingerprint density at radius 2 is 1.10 bits per heavy atom. The number of ether oxygens (including phenoxy) is 1. The summed E-state index contributed by atoms with van der Waals surface area (Å²) < 4.78 is 125. The van der Waals surface area contributed by atoms with E-state index in [-0.39, 0.29) is 0 Å². The molecule has 0 atom stereocenters. The normalized spacial score (nSPS) is 13.5. The van der Waals surface area contributed by atoms with E-state index in [0.717, 1.165) is 0 Å². The van der Waals surface area contributed by atoms with Crippen molar-refractivity contribution in [3.8, 4) is 5.75 Å². The van der Waals surface area contributed by atoms with Crippen LogP contribution in [0.2, 0.25) is 0 Å². The summed E-state index contributed by atoms with van der Waals surface area (Å²) in [7, 11) is 0. The molecule has 0 bridgehead atoms. The molecule has 1 rings (SSSR count). The van der Waals surface area contributed by atoms with Gasteiger partial charge in [0, 0.05) is 0 Å². The van der Waals surface area contributed by atoms with E-state index in [2.05, 4.69) is 4.74 Å². The van der Waals surface area contributed by atoms with Crippen molar-refractivity contribution in [1.82, 2.24) is 0 Å². The van der Waals surface area contributed by atoms with Gasteiger partial charge < -0.3 is 4.74 Å². The van der Waals surface area contributed by atoms with Crippen molar-refractivity contribution in [3.63, 3.8) is 0 Å². The largest absolute Gasteiger partial charge is 0.573 e. The van der Waals surface area contributed by atoms with Crippen molar-refractivity contribution in [2.45, 2.75) is 18.7 Å². The molecule has 0 unspecified atom stereocenters. The number of benzene rings is 1. The second-order valence-electron chi connectivity index (χ2n) is 3.37. The van der Waals surface area contributed by atoms with E-state index in [9.17, 15) is 43.9 Å². The van der Waals surface area contributed by atoms with Gasteiger partial charge in [-0.1, -0.05) is 0 Å². The topological polar surface area (TPSA) is 9.23 Å². The highest BCUT2D eigenvalue weighted by atomic mass is 19.4. The molecule has 0 spiro atoms. The SMILES string of the molecule is Fc1cc(C(F)(F)F)c(C(F)(F)F)cc1OC(F)(F)F. The summed E-state index contributed by atoms with van der Waals surface area (Å²) in [6.07, 6.45) is -16.8. The van der Waals surface area contributed by atoms with Crippen LogP contribution in [-0.2, 0) is 12.4 Å². The molecular formula is C9H2F10O. The van der Waals surface area contributed by atoms with Gasteiger partial charge in [-0.05, 0) is 12.1 Å².